The van der Waals surface area contributed by atoms with Gasteiger partial charge in [0.2, 0.25) is 0 Å². The van der Waals surface area contributed by atoms with Crippen LogP contribution in [0, 0.1) is 11.8 Å². The number of aliphatic hydroxyl groups is 1. The number of nitrogens with one attached hydrogen (secondary N) is 3. The minimum atomic E-state index is -0.549. The molecule has 1 aliphatic carbocycles. The highest BCUT2D eigenvalue weighted by Crippen LogP contribution is 2.37. The van der Waals surface area contributed by atoms with E-state index >= 15 is 0 Å². The topological polar surface area (TPSA) is 110 Å². The van der Waals surface area contributed by atoms with Gasteiger partial charge in [-0.15, -0.1) is 0 Å². The number of anilines is 2. The second-order valence-electron chi connectivity index (χ2n) is 6.09. The summed E-state index contributed by atoms with van der Waals surface area (Å²) in [5.74, 6) is 1.11. The number of fused-ring (bicyclic) bond motifs is 2. The van der Waals surface area contributed by atoms with Crippen LogP contribution in [0.3, 0.4) is 0 Å². The van der Waals surface area contributed by atoms with Gasteiger partial charge in [-0.05, 0) is 11.8 Å². The maximum absolute atomic E-state index is 12.2. The molecule has 4 N–H and O–H groups in total. The van der Waals surface area contributed by atoms with Crippen LogP contribution in [0.5, 0.6) is 0 Å². The van der Waals surface area contributed by atoms with Gasteiger partial charge in [-0.3, -0.25) is 14.8 Å². The molecule has 24 heavy (non-hydrogen) atoms. The number of nitrogens with zero attached hydrogens (tertiary/aromatic N) is 1. The molecule has 0 bridgehead atoms. The van der Waals surface area contributed by atoms with E-state index in [0.717, 1.165) is 11.4 Å². The second kappa shape index (κ2) is 6.66. The average molecular weight is 334 g/mol. The summed E-state index contributed by atoms with van der Waals surface area (Å²) in [6, 6.07) is 0. The van der Waals surface area contributed by atoms with Crippen molar-refractivity contribution in [1.82, 2.24) is 9.97 Å². The van der Waals surface area contributed by atoms with E-state index in [1.54, 1.807) is 0 Å². The Bertz CT molecular complexity index is 792. The smallest absolute Gasteiger partial charge is 0.327 e. The van der Waals surface area contributed by atoms with Crippen molar-refractivity contribution >= 4 is 11.5 Å². The molecule has 0 aromatic carbocycles. The first-order valence-electron chi connectivity index (χ1n) is 8.05. The van der Waals surface area contributed by atoms with Crippen molar-refractivity contribution in [2.45, 2.75) is 13.8 Å². The summed E-state index contributed by atoms with van der Waals surface area (Å²) in [5, 5.41) is 12.0. The Balaban J connectivity index is 2.02. The van der Waals surface area contributed by atoms with Gasteiger partial charge in [0.25, 0.3) is 5.56 Å². The number of aliphatic hydroxyl groups excluding tert-OH is 1. The van der Waals surface area contributed by atoms with Gasteiger partial charge in [-0.25, -0.2) is 4.79 Å². The fraction of sp³-hybridized carbons (Fsp3) is 0.500. The maximum atomic E-state index is 12.2. The van der Waals surface area contributed by atoms with E-state index < -0.39 is 11.2 Å². The summed E-state index contributed by atoms with van der Waals surface area (Å²) in [6.45, 7) is 5.27. The fourth-order valence-corrected chi connectivity index (χ4v) is 2.93. The monoisotopic (exact) mass is 334 g/mol. The van der Waals surface area contributed by atoms with Crippen LogP contribution in [-0.2, 0) is 4.74 Å². The van der Waals surface area contributed by atoms with Gasteiger partial charge in [0, 0.05) is 6.54 Å². The van der Waals surface area contributed by atoms with Crippen LogP contribution in [0.2, 0.25) is 0 Å². The van der Waals surface area contributed by atoms with E-state index in [0.29, 0.717) is 36.5 Å². The molecule has 0 saturated heterocycles. The molecule has 3 rings (SSSR count). The summed E-state index contributed by atoms with van der Waals surface area (Å²) in [5.41, 5.74) is 1.09. The molecular formula is C16H22N4O4. The third-order valence-electron chi connectivity index (χ3n) is 4.39. The zero-order chi connectivity index (χ0) is 17.3. The minimum Gasteiger partial charge on any atom is -0.394 e. The number of allylic oxidation sites excluding steroid dienone is 2. The van der Waals surface area contributed by atoms with E-state index in [9.17, 15) is 9.59 Å². The van der Waals surface area contributed by atoms with Crippen LogP contribution < -0.4 is 21.5 Å². The lowest BCUT2D eigenvalue weighted by Crippen LogP contribution is -2.41. The molecule has 8 heteroatoms. The Morgan fingerprint density at radius 1 is 1.17 bits per heavy atom. The van der Waals surface area contributed by atoms with Gasteiger partial charge in [-0.2, -0.15) is 0 Å². The van der Waals surface area contributed by atoms with Crippen molar-refractivity contribution in [3.05, 3.63) is 44.4 Å². The van der Waals surface area contributed by atoms with Crippen LogP contribution >= 0.6 is 0 Å². The lowest BCUT2D eigenvalue weighted by molar-refractivity contribution is 0.0972. The van der Waals surface area contributed by atoms with Crippen molar-refractivity contribution in [1.29, 1.82) is 0 Å². The van der Waals surface area contributed by atoms with Crippen molar-refractivity contribution in [2.24, 2.45) is 11.8 Å². The molecule has 2 heterocycles. The first-order chi connectivity index (χ1) is 11.5. The van der Waals surface area contributed by atoms with Crippen LogP contribution in [0.25, 0.3) is 0 Å². The maximum Gasteiger partial charge on any atom is 0.327 e. The molecule has 8 nitrogen and oxygen atoms in total. The lowest BCUT2D eigenvalue weighted by atomic mass is 9.88. The largest absolute Gasteiger partial charge is 0.394 e. The van der Waals surface area contributed by atoms with Crippen LogP contribution in [0.1, 0.15) is 13.8 Å². The predicted molar refractivity (Wildman–Crippen MR) is 91.1 cm³/mol. The van der Waals surface area contributed by atoms with Crippen LogP contribution in [0.15, 0.2) is 33.1 Å². The standard InChI is InChI=1S/C16H22N4O4/c1-9-7-11-12(8-10(9)2)20(3-5-24-6-4-21)14-13(17-11)15(22)19-16(23)18-14/h7-10,17,21H,3-6H2,1-2H3,(H2,18,19,22,23). The number of ether oxygens (including phenoxy) is 1. The third kappa shape index (κ3) is 3.02. The summed E-state index contributed by atoms with van der Waals surface area (Å²) in [6.07, 6.45) is 4.22. The minimum absolute atomic E-state index is 0.0446. The van der Waals surface area contributed by atoms with E-state index in [4.69, 9.17) is 9.84 Å². The summed E-state index contributed by atoms with van der Waals surface area (Å²) >= 11 is 0. The summed E-state index contributed by atoms with van der Waals surface area (Å²) in [7, 11) is 0. The van der Waals surface area contributed by atoms with Crippen molar-refractivity contribution in [2.75, 3.05) is 36.6 Å². The molecule has 130 valence electrons. The fourth-order valence-electron chi connectivity index (χ4n) is 2.93. The Labute approximate surface area is 138 Å². The number of H-pyrrole nitrogens is 2. The number of hydrogen-bond acceptors (Lipinski definition) is 6. The highest BCUT2D eigenvalue weighted by molar-refractivity contribution is 5.77. The zero-order valence-corrected chi connectivity index (χ0v) is 13.8. The predicted octanol–water partition coefficient (Wildman–Crippen LogP) is 0.358. The number of hydrogen-bond donors (Lipinski definition) is 4. The quantitative estimate of drug-likeness (QED) is 0.579. The van der Waals surface area contributed by atoms with Crippen molar-refractivity contribution < 1.29 is 9.84 Å². The van der Waals surface area contributed by atoms with Crippen molar-refractivity contribution in [3.8, 4) is 0 Å². The highest BCUT2D eigenvalue weighted by Gasteiger charge is 2.31. The molecule has 0 amide bonds. The molecule has 2 unspecified atom stereocenters. The third-order valence-corrected chi connectivity index (χ3v) is 4.39. The molecule has 0 saturated carbocycles. The van der Waals surface area contributed by atoms with Gasteiger partial charge < -0.3 is 20.1 Å². The van der Waals surface area contributed by atoms with Gasteiger partial charge in [0.1, 0.15) is 11.5 Å². The average Bonchev–Trinajstić information content (AvgIpc) is 2.53. The number of aromatic amines is 2. The SMILES string of the molecule is CC1C=C2Nc3c([nH]c(=O)[nH]c3=O)N(CCOCCO)C2=CC1C. The molecule has 1 aromatic rings. The van der Waals surface area contributed by atoms with Crippen molar-refractivity contribution in [3.63, 3.8) is 0 Å². The van der Waals surface area contributed by atoms with E-state index in [2.05, 4.69) is 41.3 Å². The first kappa shape index (κ1) is 16.5. The molecule has 0 fully saturated rings. The van der Waals surface area contributed by atoms with Crippen LogP contribution in [-0.4, -0.2) is 41.4 Å². The van der Waals surface area contributed by atoms with E-state index in [1.807, 2.05) is 4.90 Å². The molecule has 1 aromatic heterocycles. The van der Waals surface area contributed by atoms with Crippen LogP contribution in [0.4, 0.5) is 11.5 Å². The van der Waals surface area contributed by atoms with Gasteiger partial charge in [0.15, 0.2) is 0 Å². The summed E-state index contributed by atoms with van der Waals surface area (Å²) in [4.78, 5) is 30.7. The Kier molecular flexibility index (Phi) is 4.59. The molecule has 2 aliphatic rings. The van der Waals surface area contributed by atoms with Gasteiger partial charge in [0.05, 0.1) is 31.2 Å². The number of aromatic nitrogens is 2. The Morgan fingerprint density at radius 3 is 2.67 bits per heavy atom. The Morgan fingerprint density at radius 2 is 1.92 bits per heavy atom. The lowest BCUT2D eigenvalue weighted by Gasteiger charge is -2.38. The molecule has 0 radical (unpaired) electrons. The van der Waals surface area contributed by atoms with Gasteiger partial charge >= 0.3 is 5.69 Å². The highest BCUT2D eigenvalue weighted by atomic mass is 16.5. The Hall–Kier alpha value is -2.32. The van der Waals surface area contributed by atoms with Gasteiger partial charge in [-0.1, -0.05) is 26.0 Å². The molecular weight excluding hydrogens is 312 g/mol. The summed E-state index contributed by atoms with van der Waals surface area (Å²) < 4.78 is 5.35. The normalized spacial score (nSPS) is 22.2. The number of rotatable bonds is 5. The zero-order valence-electron chi connectivity index (χ0n) is 13.8. The molecule has 0 spiro atoms. The molecule has 2 atom stereocenters. The van der Waals surface area contributed by atoms with E-state index in [1.165, 1.54) is 0 Å². The molecule has 1 aliphatic heterocycles. The van der Waals surface area contributed by atoms with E-state index in [-0.39, 0.29) is 13.2 Å². The first-order valence-corrected chi connectivity index (χ1v) is 8.05. The second-order valence-corrected chi connectivity index (χ2v) is 6.09.